The first-order chi connectivity index (χ1) is 12.5. The number of aromatic nitrogens is 2. The van der Waals surface area contributed by atoms with Gasteiger partial charge in [0.2, 0.25) is 5.43 Å². The second-order valence-corrected chi connectivity index (χ2v) is 5.54. The minimum absolute atomic E-state index is 0.0763. The van der Waals surface area contributed by atoms with Crippen molar-refractivity contribution in [1.82, 2.24) is 9.55 Å². The van der Waals surface area contributed by atoms with Gasteiger partial charge in [-0.05, 0) is 32.0 Å². The van der Waals surface area contributed by atoms with Crippen molar-refractivity contribution in [2.24, 2.45) is 0 Å². The van der Waals surface area contributed by atoms with Crippen LogP contribution in [-0.4, -0.2) is 22.1 Å². The Morgan fingerprint density at radius 2 is 2.04 bits per heavy atom. The molecule has 26 heavy (non-hydrogen) atoms. The fraction of sp³-hybridized carbons (Fsp3) is 0.211. The molecule has 0 unspecified atom stereocenters. The maximum atomic E-state index is 15.2. The monoisotopic (exact) mass is 358 g/mol. The van der Waals surface area contributed by atoms with Crippen LogP contribution in [0.4, 0.5) is 8.78 Å². The fourth-order valence-electron chi connectivity index (χ4n) is 2.84. The average Bonchev–Trinajstić information content (AvgIpc) is 2.63. The highest BCUT2D eigenvalue weighted by atomic mass is 19.1. The van der Waals surface area contributed by atoms with Crippen LogP contribution in [0.15, 0.2) is 41.5 Å². The van der Waals surface area contributed by atoms with Crippen molar-refractivity contribution in [2.75, 3.05) is 6.61 Å². The summed E-state index contributed by atoms with van der Waals surface area (Å²) in [6.07, 6.45) is 2.67. The minimum Gasteiger partial charge on any atom is -0.462 e. The summed E-state index contributed by atoms with van der Waals surface area (Å²) < 4.78 is 36.0. The fourth-order valence-corrected chi connectivity index (χ4v) is 2.84. The van der Waals surface area contributed by atoms with Gasteiger partial charge in [-0.15, -0.1) is 0 Å². The van der Waals surface area contributed by atoms with E-state index < -0.39 is 23.0 Å². The zero-order valence-electron chi connectivity index (χ0n) is 14.3. The third-order valence-electron chi connectivity index (χ3n) is 4.01. The van der Waals surface area contributed by atoms with Crippen LogP contribution in [0, 0.1) is 11.6 Å². The number of rotatable bonds is 4. The van der Waals surface area contributed by atoms with Gasteiger partial charge in [-0.25, -0.2) is 13.6 Å². The average molecular weight is 358 g/mol. The number of nitrogens with zero attached hydrogens (tertiary/aromatic N) is 2. The van der Waals surface area contributed by atoms with E-state index in [0.29, 0.717) is 0 Å². The Bertz CT molecular complexity index is 1050. The number of aryl methyl sites for hydroxylation is 1. The number of esters is 1. The lowest BCUT2D eigenvalue weighted by Crippen LogP contribution is -2.21. The predicted octanol–water partition coefficient (Wildman–Crippen LogP) is 3.54. The molecule has 0 fully saturated rings. The summed E-state index contributed by atoms with van der Waals surface area (Å²) in [5.74, 6) is -2.64. The highest BCUT2D eigenvalue weighted by Gasteiger charge is 2.23. The lowest BCUT2D eigenvalue weighted by Gasteiger charge is -2.14. The third-order valence-corrected chi connectivity index (χ3v) is 4.01. The first-order valence-electron chi connectivity index (χ1n) is 8.13. The molecule has 3 rings (SSSR count). The third kappa shape index (κ3) is 2.85. The number of ether oxygens (including phenoxy) is 1. The standard InChI is InChI=1S/C19H16F2N2O3/c1-3-23-10-12(19(25)26-4-2)18(24)11-9-13(20)15(16(21)17(11)23)14-7-5-6-8-22-14/h5-10H,3-4H2,1-2H3. The smallest absolute Gasteiger partial charge is 0.343 e. The lowest BCUT2D eigenvalue weighted by atomic mass is 10.0. The van der Waals surface area contributed by atoms with Crippen LogP contribution in [0.2, 0.25) is 0 Å². The Balaban J connectivity index is 2.38. The molecular formula is C19H16F2N2O3. The molecule has 1 aromatic carbocycles. The highest BCUT2D eigenvalue weighted by Crippen LogP contribution is 2.30. The molecule has 7 heteroatoms. The van der Waals surface area contributed by atoms with Gasteiger partial charge in [-0.1, -0.05) is 6.07 Å². The maximum absolute atomic E-state index is 15.2. The quantitative estimate of drug-likeness (QED) is 0.670. The molecule has 3 aromatic rings. The van der Waals surface area contributed by atoms with Crippen LogP contribution < -0.4 is 5.43 Å². The van der Waals surface area contributed by atoms with E-state index in [1.807, 2.05) is 0 Å². The van der Waals surface area contributed by atoms with Crippen LogP contribution in [0.3, 0.4) is 0 Å². The predicted molar refractivity (Wildman–Crippen MR) is 93.0 cm³/mol. The number of carbonyl (C=O) groups excluding carboxylic acids is 1. The molecule has 134 valence electrons. The topological polar surface area (TPSA) is 61.2 Å². The Kier molecular flexibility index (Phi) is 4.79. The van der Waals surface area contributed by atoms with Crippen molar-refractivity contribution in [3.63, 3.8) is 0 Å². The van der Waals surface area contributed by atoms with E-state index in [1.54, 1.807) is 26.0 Å². The Labute approximate surface area is 147 Å². The summed E-state index contributed by atoms with van der Waals surface area (Å²) in [7, 11) is 0. The van der Waals surface area contributed by atoms with Crippen molar-refractivity contribution in [3.8, 4) is 11.3 Å². The van der Waals surface area contributed by atoms with Gasteiger partial charge in [0.15, 0.2) is 5.82 Å². The van der Waals surface area contributed by atoms with Gasteiger partial charge in [0.1, 0.15) is 11.4 Å². The molecule has 0 atom stereocenters. The van der Waals surface area contributed by atoms with E-state index in [2.05, 4.69) is 4.98 Å². The van der Waals surface area contributed by atoms with Gasteiger partial charge in [0.25, 0.3) is 0 Å². The number of carbonyl (C=O) groups is 1. The van der Waals surface area contributed by atoms with Crippen LogP contribution in [0.25, 0.3) is 22.2 Å². The summed E-state index contributed by atoms with van der Waals surface area (Å²) in [5.41, 5.74) is -1.30. The summed E-state index contributed by atoms with van der Waals surface area (Å²) in [5, 5.41) is -0.216. The summed E-state index contributed by atoms with van der Waals surface area (Å²) >= 11 is 0. The van der Waals surface area contributed by atoms with Crippen molar-refractivity contribution >= 4 is 16.9 Å². The van der Waals surface area contributed by atoms with Gasteiger partial charge in [-0.2, -0.15) is 0 Å². The molecule has 2 aromatic heterocycles. The molecule has 0 N–H and O–H groups in total. The summed E-state index contributed by atoms with van der Waals surface area (Å²) in [4.78, 5) is 28.6. The Morgan fingerprint density at radius 3 is 2.65 bits per heavy atom. The van der Waals surface area contributed by atoms with Gasteiger partial charge in [-0.3, -0.25) is 9.78 Å². The molecule has 0 radical (unpaired) electrons. The van der Waals surface area contributed by atoms with E-state index in [9.17, 15) is 14.0 Å². The molecule has 0 saturated heterocycles. The molecular weight excluding hydrogens is 342 g/mol. The lowest BCUT2D eigenvalue weighted by molar-refractivity contribution is 0.0524. The van der Waals surface area contributed by atoms with E-state index >= 15 is 4.39 Å². The molecule has 0 aliphatic rings. The summed E-state index contributed by atoms with van der Waals surface area (Å²) in [6, 6.07) is 5.67. The first-order valence-corrected chi connectivity index (χ1v) is 8.13. The minimum atomic E-state index is -0.922. The largest absolute Gasteiger partial charge is 0.462 e. The zero-order chi connectivity index (χ0) is 18.8. The molecule has 0 bridgehead atoms. The van der Waals surface area contributed by atoms with Crippen molar-refractivity contribution in [2.45, 2.75) is 20.4 Å². The molecule has 0 saturated carbocycles. The van der Waals surface area contributed by atoms with Crippen LogP contribution >= 0.6 is 0 Å². The van der Waals surface area contributed by atoms with Gasteiger partial charge < -0.3 is 9.30 Å². The Morgan fingerprint density at radius 1 is 1.27 bits per heavy atom. The van der Waals surface area contributed by atoms with Crippen LogP contribution in [0.1, 0.15) is 24.2 Å². The van der Waals surface area contributed by atoms with E-state index in [-0.39, 0.29) is 40.9 Å². The van der Waals surface area contributed by atoms with Gasteiger partial charge in [0.05, 0.1) is 28.8 Å². The highest BCUT2D eigenvalue weighted by molar-refractivity contribution is 5.95. The molecule has 0 aliphatic heterocycles. The van der Waals surface area contributed by atoms with Gasteiger partial charge in [0, 0.05) is 18.9 Å². The first kappa shape index (κ1) is 17.7. The van der Waals surface area contributed by atoms with Gasteiger partial charge >= 0.3 is 5.97 Å². The second-order valence-electron chi connectivity index (χ2n) is 5.54. The molecule has 0 spiro atoms. The summed E-state index contributed by atoms with van der Waals surface area (Å²) in [6.45, 7) is 3.69. The second kappa shape index (κ2) is 7.03. The van der Waals surface area contributed by atoms with Crippen molar-refractivity contribution in [1.29, 1.82) is 0 Å². The Hall–Kier alpha value is -3.09. The zero-order valence-corrected chi connectivity index (χ0v) is 14.3. The molecule has 5 nitrogen and oxygen atoms in total. The number of fused-ring (bicyclic) bond motifs is 1. The number of pyridine rings is 2. The molecule has 0 aliphatic carbocycles. The number of hydrogen-bond donors (Lipinski definition) is 0. The van der Waals surface area contributed by atoms with Crippen molar-refractivity contribution < 1.29 is 18.3 Å². The van der Waals surface area contributed by atoms with E-state index in [0.717, 1.165) is 6.07 Å². The normalized spacial score (nSPS) is 10.9. The van der Waals surface area contributed by atoms with Crippen LogP contribution in [0.5, 0.6) is 0 Å². The maximum Gasteiger partial charge on any atom is 0.343 e. The number of hydrogen-bond acceptors (Lipinski definition) is 4. The molecule has 2 heterocycles. The number of benzene rings is 1. The van der Waals surface area contributed by atoms with Crippen molar-refractivity contribution in [3.05, 3.63) is 64.1 Å². The van der Waals surface area contributed by atoms with Crippen LogP contribution in [-0.2, 0) is 11.3 Å². The van der Waals surface area contributed by atoms with E-state index in [4.69, 9.17) is 4.74 Å². The van der Waals surface area contributed by atoms with E-state index in [1.165, 1.54) is 23.0 Å². The molecule has 0 amide bonds. The SMILES string of the molecule is CCOC(=O)c1cn(CC)c2c(F)c(-c3ccccn3)c(F)cc2c1=O. The number of halogens is 2.